The highest BCUT2D eigenvalue weighted by Gasteiger charge is 2.31. The van der Waals surface area contributed by atoms with E-state index in [1.54, 1.807) is 11.3 Å². The molecule has 2 fully saturated rings. The molecule has 2 saturated heterocycles. The van der Waals surface area contributed by atoms with Gasteiger partial charge < -0.3 is 10.2 Å². The predicted octanol–water partition coefficient (Wildman–Crippen LogP) is 3.22. The van der Waals surface area contributed by atoms with Crippen molar-refractivity contribution >= 4 is 29.7 Å². The van der Waals surface area contributed by atoms with Gasteiger partial charge in [-0.3, -0.25) is 4.79 Å². The second-order valence-electron chi connectivity index (χ2n) is 5.66. The third kappa shape index (κ3) is 3.54. The van der Waals surface area contributed by atoms with Crippen LogP contribution in [0.5, 0.6) is 0 Å². The number of hydrogen-bond donors (Lipinski definition) is 1. The Morgan fingerprint density at radius 1 is 1.35 bits per heavy atom. The zero-order valence-electron chi connectivity index (χ0n) is 11.7. The zero-order valence-corrected chi connectivity index (χ0v) is 13.3. The first-order valence-corrected chi connectivity index (χ1v) is 8.26. The van der Waals surface area contributed by atoms with Crippen LogP contribution in [0.4, 0.5) is 0 Å². The Morgan fingerprint density at radius 3 is 2.85 bits per heavy atom. The predicted molar refractivity (Wildman–Crippen MR) is 85.5 cm³/mol. The molecule has 1 aromatic heterocycles. The average Bonchev–Trinajstić information content (AvgIpc) is 3.10. The molecular weight excluding hydrogens is 292 g/mol. The molecule has 0 radical (unpaired) electrons. The van der Waals surface area contributed by atoms with E-state index in [9.17, 15) is 4.79 Å². The van der Waals surface area contributed by atoms with Gasteiger partial charge >= 0.3 is 0 Å². The Labute approximate surface area is 131 Å². The molecular formula is C15H23ClN2OS. The standard InChI is InChI=1S/C15H22N2OS.ClH/c18-15(11-12-5-7-16-8-6-12)17-9-1-3-13(17)14-4-2-10-19-14;/h2,4,10,12-13,16H,1,3,5-9,11H2;1H. The maximum Gasteiger partial charge on any atom is 0.223 e. The summed E-state index contributed by atoms with van der Waals surface area (Å²) in [5, 5.41) is 5.48. The van der Waals surface area contributed by atoms with Crippen LogP contribution in [0.3, 0.4) is 0 Å². The maximum absolute atomic E-state index is 12.5. The lowest BCUT2D eigenvalue weighted by Gasteiger charge is -2.28. The molecule has 2 aliphatic rings. The Bertz CT molecular complexity index is 418. The minimum Gasteiger partial charge on any atom is -0.335 e. The number of rotatable bonds is 3. The Hall–Kier alpha value is -0.580. The number of nitrogens with one attached hydrogen (secondary N) is 1. The number of amides is 1. The molecule has 0 aliphatic carbocycles. The first kappa shape index (κ1) is 15.8. The number of carbonyl (C=O) groups is 1. The van der Waals surface area contributed by atoms with Crippen molar-refractivity contribution < 1.29 is 4.79 Å². The molecule has 1 unspecified atom stereocenters. The van der Waals surface area contributed by atoms with Crippen LogP contribution in [-0.2, 0) is 4.79 Å². The lowest BCUT2D eigenvalue weighted by Crippen LogP contribution is -2.34. The van der Waals surface area contributed by atoms with E-state index in [-0.39, 0.29) is 12.4 Å². The first-order valence-electron chi connectivity index (χ1n) is 7.38. The number of carbonyl (C=O) groups excluding carboxylic acids is 1. The van der Waals surface area contributed by atoms with Crippen molar-refractivity contribution in [3.8, 4) is 0 Å². The smallest absolute Gasteiger partial charge is 0.223 e. The van der Waals surface area contributed by atoms with Crippen molar-refractivity contribution in [2.24, 2.45) is 5.92 Å². The highest BCUT2D eigenvalue weighted by Crippen LogP contribution is 2.35. The second-order valence-corrected chi connectivity index (χ2v) is 6.64. The lowest BCUT2D eigenvalue weighted by molar-refractivity contribution is -0.133. The highest BCUT2D eigenvalue weighted by atomic mass is 35.5. The first-order chi connectivity index (χ1) is 9.34. The van der Waals surface area contributed by atoms with Gasteiger partial charge in [0.2, 0.25) is 5.91 Å². The van der Waals surface area contributed by atoms with Gasteiger partial charge in [-0.15, -0.1) is 23.7 Å². The van der Waals surface area contributed by atoms with Crippen molar-refractivity contribution in [2.45, 2.75) is 38.1 Å². The number of halogens is 1. The summed E-state index contributed by atoms with van der Waals surface area (Å²) < 4.78 is 0. The molecule has 2 aliphatic heterocycles. The fraction of sp³-hybridized carbons (Fsp3) is 0.667. The summed E-state index contributed by atoms with van der Waals surface area (Å²) in [6.45, 7) is 3.10. The molecule has 5 heteroatoms. The molecule has 3 rings (SSSR count). The minimum atomic E-state index is 0. The number of piperidine rings is 1. The van der Waals surface area contributed by atoms with Gasteiger partial charge in [-0.05, 0) is 56.1 Å². The fourth-order valence-electron chi connectivity index (χ4n) is 3.29. The van der Waals surface area contributed by atoms with Gasteiger partial charge in [0, 0.05) is 17.8 Å². The van der Waals surface area contributed by atoms with E-state index in [1.807, 2.05) is 0 Å². The SMILES string of the molecule is Cl.O=C(CC1CCNCC1)N1CCCC1c1cccs1. The zero-order chi connectivity index (χ0) is 13.1. The molecule has 0 aromatic carbocycles. The quantitative estimate of drug-likeness (QED) is 0.929. The Morgan fingerprint density at radius 2 is 2.15 bits per heavy atom. The third-order valence-electron chi connectivity index (χ3n) is 4.37. The summed E-state index contributed by atoms with van der Waals surface area (Å²) in [6.07, 6.45) is 5.36. The van der Waals surface area contributed by atoms with Gasteiger partial charge in [0.05, 0.1) is 6.04 Å². The van der Waals surface area contributed by atoms with Crippen LogP contribution < -0.4 is 5.32 Å². The van der Waals surface area contributed by atoms with Gasteiger partial charge in [0.25, 0.3) is 0 Å². The van der Waals surface area contributed by atoms with E-state index < -0.39 is 0 Å². The van der Waals surface area contributed by atoms with Gasteiger partial charge in [0.1, 0.15) is 0 Å². The number of thiophene rings is 1. The van der Waals surface area contributed by atoms with Crippen molar-refractivity contribution in [3.63, 3.8) is 0 Å². The summed E-state index contributed by atoms with van der Waals surface area (Å²) >= 11 is 1.78. The van der Waals surface area contributed by atoms with Crippen LogP contribution >= 0.6 is 23.7 Å². The van der Waals surface area contributed by atoms with Crippen LogP contribution in [0.25, 0.3) is 0 Å². The van der Waals surface area contributed by atoms with E-state index in [2.05, 4.69) is 27.7 Å². The Balaban J connectivity index is 0.00000147. The molecule has 3 heterocycles. The number of nitrogens with zero attached hydrogens (tertiary/aromatic N) is 1. The van der Waals surface area contributed by atoms with E-state index in [4.69, 9.17) is 0 Å². The molecule has 1 amide bonds. The van der Waals surface area contributed by atoms with Crippen LogP contribution in [0.1, 0.15) is 43.0 Å². The summed E-state index contributed by atoms with van der Waals surface area (Å²) in [6, 6.07) is 4.62. The molecule has 1 atom stereocenters. The third-order valence-corrected chi connectivity index (χ3v) is 5.34. The van der Waals surface area contributed by atoms with Crippen molar-refractivity contribution in [1.29, 1.82) is 0 Å². The van der Waals surface area contributed by atoms with Crippen molar-refractivity contribution in [1.82, 2.24) is 10.2 Å². The molecule has 0 bridgehead atoms. The van der Waals surface area contributed by atoms with E-state index >= 15 is 0 Å². The molecule has 0 saturated carbocycles. The molecule has 3 nitrogen and oxygen atoms in total. The van der Waals surface area contributed by atoms with E-state index in [0.29, 0.717) is 17.9 Å². The molecule has 112 valence electrons. The van der Waals surface area contributed by atoms with Crippen molar-refractivity contribution in [2.75, 3.05) is 19.6 Å². The van der Waals surface area contributed by atoms with Gasteiger partial charge in [-0.25, -0.2) is 0 Å². The summed E-state index contributed by atoms with van der Waals surface area (Å²) in [5.74, 6) is 0.973. The number of likely N-dealkylation sites (tertiary alicyclic amines) is 1. The summed E-state index contributed by atoms with van der Waals surface area (Å²) in [7, 11) is 0. The van der Waals surface area contributed by atoms with Crippen LogP contribution in [-0.4, -0.2) is 30.4 Å². The highest BCUT2D eigenvalue weighted by molar-refractivity contribution is 7.10. The summed E-state index contributed by atoms with van der Waals surface area (Å²) in [4.78, 5) is 16.0. The molecule has 20 heavy (non-hydrogen) atoms. The monoisotopic (exact) mass is 314 g/mol. The summed E-state index contributed by atoms with van der Waals surface area (Å²) in [5.41, 5.74) is 0. The minimum absolute atomic E-state index is 0. The second kappa shape index (κ2) is 7.43. The average molecular weight is 315 g/mol. The fourth-order valence-corrected chi connectivity index (χ4v) is 4.17. The van der Waals surface area contributed by atoms with Gasteiger partial charge in [0.15, 0.2) is 0 Å². The molecule has 0 spiro atoms. The lowest BCUT2D eigenvalue weighted by atomic mass is 9.94. The van der Waals surface area contributed by atoms with Crippen molar-refractivity contribution in [3.05, 3.63) is 22.4 Å². The van der Waals surface area contributed by atoms with Crippen LogP contribution in [0, 0.1) is 5.92 Å². The molecule has 1 aromatic rings. The topological polar surface area (TPSA) is 32.3 Å². The van der Waals surface area contributed by atoms with Gasteiger partial charge in [-0.2, -0.15) is 0 Å². The van der Waals surface area contributed by atoms with Gasteiger partial charge in [-0.1, -0.05) is 6.07 Å². The van der Waals surface area contributed by atoms with E-state index in [1.165, 1.54) is 4.88 Å². The number of hydrogen-bond acceptors (Lipinski definition) is 3. The van der Waals surface area contributed by atoms with Crippen LogP contribution in [0.15, 0.2) is 17.5 Å². The maximum atomic E-state index is 12.5. The normalized spacial score (nSPS) is 23.6. The van der Waals surface area contributed by atoms with E-state index in [0.717, 1.165) is 51.7 Å². The van der Waals surface area contributed by atoms with Crippen LogP contribution in [0.2, 0.25) is 0 Å². The molecule has 1 N–H and O–H groups in total. The Kier molecular flexibility index (Phi) is 5.87. The largest absolute Gasteiger partial charge is 0.335 e.